The lowest BCUT2D eigenvalue weighted by molar-refractivity contribution is 0.0658. The zero-order valence-electron chi connectivity index (χ0n) is 9.79. The van der Waals surface area contributed by atoms with E-state index >= 15 is 0 Å². The van der Waals surface area contributed by atoms with Crippen LogP contribution in [0.25, 0.3) is 0 Å². The molecular formula is C13H11NO5. The number of anilines is 1. The van der Waals surface area contributed by atoms with Crippen molar-refractivity contribution in [1.82, 2.24) is 0 Å². The minimum absolute atomic E-state index is 0.129. The topological polar surface area (TPSA) is 99.8 Å². The van der Waals surface area contributed by atoms with Crippen LogP contribution in [0, 0.1) is 0 Å². The van der Waals surface area contributed by atoms with Gasteiger partial charge in [-0.2, -0.15) is 0 Å². The molecule has 0 unspecified atom stereocenters. The zero-order chi connectivity index (χ0) is 13.8. The van der Waals surface area contributed by atoms with Gasteiger partial charge in [0.2, 0.25) is 5.76 Å². The van der Waals surface area contributed by atoms with Crippen LogP contribution in [-0.2, 0) is 6.54 Å². The molecule has 3 N–H and O–H groups in total. The van der Waals surface area contributed by atoms with Gasteiger partial charge in [0.1, 0.15) is 5.76 Å². The number of hydrogen-bond donors (Lipinski definition) is 3. The summed E-state index contributed by atoms with van der Waals surface area (Å²) in [6.45, 7) is 0.274. The Hall–Kier alpha value is -2.76. The molecule has 0 spiro atoms. The summed E-state index contributed by atoms with van der Waals surface area (Å²) in [7, 11) is 0. The summed E-state index contributed by atoms with van der Waals surface area (Å²) >= 11 is 0. The van der Waals surface area contributed by atoms with Crippen LogP contribution in [0.4, 0.5) is 5.69 Å². The fourth-order valence-electron chi connectivity index (χ4n) is 1.54. The molecule has 6 heteroatoms. The molecule has 2 rings (SSSR count). The summed E-state index contributed by atoms with van der Waals surface area (Å²) in [4.78, 5) is 21.4. The normalized spacial score (nSPS) is 10.1. The van der Waals surface area contributed by atoms with Crippen molar-refractivity contribution in [3.8, 4) is 0 Å². The highest BCUT2D eigenvalue weighted by Gasteiger charge is 2.09. The lowest BCUT2D eigenvalue weighted by atomic mass is 10.2. The third-order valence-corrected chi connectivity index (χ3v) is 2.45. The Morgan fingerprint density at radius 2 is 1.89 bits per heavy atom. The van der Waals surface area contributed by atoms with E-state index in [1.807, 2.05) is 0 Å². The molecule has 0 aliphatic heterocycles. The summed E-state index contributed by atoms with van der Waals surface area (Å²) < 4.78 is 5.07. The van der Waals surface area contributed by atoms with Crippen molar-refractivity contribution >= 4 is 17.6 Å². The van der Waals surface area contributed by atoms with Crippen LogP contribution in [0.3, 0.4) is 0 Å². The number of carboxylic acids is 2. The minimum atomic E-state index is -1.13. The lowest BCUT2D eigenvalue weighted by Crippen LogP contribution is -2.01. The molecule has 0 atom stereocenters. The number of hydrogen-bond acceptors (Lipinski definition) is 4. The third kappa shape index (κ3) is 3.12. The van der Waals surface area contributed by atoms with Crippen molar-refractivity contribution < 1.29 is 24.2 Å². The van der Waals surface area contributed by atoms with Gasteiger partial charge in [-0.1, -0.05) is 6.07 Å². The van der Waals surface area contributed by atoms with E-state index in [1.165, 1.54) is 18.2 Å². The van der Waals surface area contributed by atoms with Gasteiger partial charge < -0.3 is 19.9 Å². The Bertz CT molecular complexity index is 617. The van der Waals surface area contributed by atoms with Gasteiger partial charge in [0.05, 0.1) is 12.1 Å². The predicted molar refractivity (Wildman–Crippen MR) is 66.4 cm³/mol. The molecule has 19 heavy (non-hydrogen) atoms. The Morgan fingerprint density at radius 3 is 2.53 bits per heavy atom. The molecule has 0 aliphatic carbocycles. The highest BCUT2D eigenvalue weighted by molar-refractivity contribution is 5.88. The Labute approximate surface area is 108 Å². The molecular weight excluding hydrogens is 250 g/mol. The van der Waals surface area contributed by atoms with Gasteiger partial charge in [-0.15, -0.1) is 0 Å². The van der Waals surface area contributed by atoms with E-state index in [1.54, 1.807) is 18.2 Å². The first kappa shape index (κ1) is 12.7. The monoisotopic (exact) mass is 261 g/mol. The first-order chi connectivity index (χ1) is 9.06. The average Bonchev–Trinajstić information content (AvgIpc) is 2.85. The fraction of sp³-hybridized carbons (Fsp3) is 0.0769. The van der Waals surface area contributed by atoms with Crippen LogP contribution in [0.1, 0.15) is 26.7 Å². The van der Waals surface area contributed by atoms with E-state index in [0.717, 1.165) is 0 Å². The predicted octanol–water partition coefficient (Wildman–Crippen LogP) is 2.29. The van der Waals surface area contributed by atoms with E-state index in [0.29, 0.717) is 11.4 Å². The third-order valence-electron chi connectivity index (χ3n) is 2.45. The van der Waals surface area contributed by atoms with E-state index in [2.05, 4.69) is 5.32 Å². The maximum Gasteiger partial charge on any atom is 0.371 e. The second kappa shape index (κ2) is 5.26. The van der Waals surface area contributed by atoms with Gasteiger partial charge in [0.15, 0.2) is 0 Å². The summed E-state index contributed by atoms with van der Waals surface area (Å²) in [5.41, 5.74) is 0.795. The summed E-state index contributed by atoms with van der Waals surface area (Å²) in [5, 5.41) is 20.5. The van der Waals surface area contributed by atoms with Gasteiger partial charge in [-0.3, -0.25) is 0 Å². The van der Waals surface area contributed by atoms with Crippen molar-refractivity contribution in [1.29, 1.82) is 0 Å². The molecule has 1 aromatic heterocycles. The van der Waals surface area contributed by atoms with Gasteiger partial charge in [-0.25, -0.2) is 9.59 Å². The van der Waals surface area contributed by atoms with E-state index in [9.17, 15) is 9.59 Å². The fourth-order valence-corrected chi connectivity index (χ4v) is 1.54. The molecule has 0 saturated heterocycles. The second-order valence-electron chi connectivity index (χ2n) is 3.81. The van der Waals surface area contributed by atoms with Crippen molar-refractivity contribution in [2.24, 2.45) is 0 Å². The van der Waals surface area contributed by atoms with Crippen molar-refractivity contribution in [2.75, 3.05) is 5.32 Å². The van der Waals surface area contributed by atoms with Crippen LogP contribution in [0.2, 0.25) is 0 Å². The highest BCUT2D eigenvalue weighted by Crippen LogP contribution is 2.14. The highest BCUT2D eigenvalue weighted by atomic mass is 16.4. The number of rotatable bonds is 5. The van der Waals surface area contributed by atoms with Crippen LogP contribution in [-0.4, -0.2) is 22.2 Å². The molecule has 0 amide bonds. The molecule has 0 saturated carbocycles. The van der Waals surface area contributed by atoms with Crippen LogP contribution in [0.15, 0.2) is 40.8 Å². The molecule has 0 fully saturated rings. The molecule has 6 nitrogen and oxygen atoms in total. The molecule has 0 bridgehead atoms. The Morgan fingerprint density at radius 1 is 1.11 bits per heavy atom. The molecule has 0 aliphatic rings. The second-order valence-corrected chi connectivity index (χ2v) is 3.81. The molecule has 0 radical (unpaired) electrons. The molecule has 1 aromatic carbocycles. The number of aromatic carboxylic acids is 2. The Kier molecular flexibility index (Phi) is 3.51. The number of carboxylic acid groups (broad SMARTS) is 2. The first-order valence-electron chi connectivity index (χ1n) is 5.45. The molecule has 98 valence electrons. The van der Waals surface area contributed by atoms with Crippen LogP contribution >= 0.6 is 0 Å². The first-order valence-corrected chi connectivity index (χ1v) is 5.45. The number of benzene rings is 1. The summed E-state index contributed by atoms with van der Waals surface area (Å²) in [6.07, 6.45) is 0. The summed E-state index contributed by atoms with van der Waals surface area (Å²) in [6, 6.07) is 9.24. The maximum atomic E-state index is 10.8. The largest absolute Gasteiger partial charge is 0.478 e. The number of nitrogens with one attached hydrogen (secondary N) is 1. The standard InChI is InChI=1S/C13H11NO5/c15-12(16)8-2-1-3-9(6-8)14-7-10-4-5-11(19-10)13(17)18/h1-6,14H,7H2,(H,15,16)(H,17,18). The number of carbonyl (C=O) groups is 2. The molecule has 1 heterocycles. The Balaban J connectivity index is 2.03. The van der Waals surface area contributed by atoms with Crippen LogP contribution < -0.4 is 5.32 Å². The quantitative estimate of drug-likeness (QED) is 0.763. The van der Waals surface area contributed by atoms with E-state index in [4.69, 9.17) is 14.6 Å². The zero-order valence-corrected chi connectivity index (χ0v) is 9.79. The van der Waals surface area contributed by atoms with Gasteiger partial charge >= 0.3 is 11.9 Å². The average molecular weight is 261 g/mol. The SMILES string of the molecule is O=C(O)c1cccc(NCc2ccc(C(=O)O)o2)c1. The number of furan rings is 1. The van der Waals surface area contributed by atoms with Gasteiger partial charge in [-0.05, 0) is 30.3 Å². The summed E-state index contributed by atoms with van der Waals surface area (Å²) in [5.74, 6) is -1.80. The molecule has 2 aromatic rings. The van der Waals surface area contributed by atoms with Crippen LogP contribution in [0.5, 0.6) is 0 Å². The maximum absolute atomic E-state index is 10.8. The van der Waals surface area contributed by atoms with E-state index < -0.39 is 11.9 Å². The lowest BCUT2D eigenvalue weighted by Gasteiger charge is -2.05. The van der Waals surface area contributed by atoms with Crippen molar-refractivity contribution in [3.05, 3.63) is 53.5 Å². The van der Waals surface area contributed by atoms with Crippen molar-refractivity contribution in [3.63, 3.8) is 0 Å². The van der Waals surface area contributed by atoms with Gasteiger partial charge in [0, 0.05) is 5.69 Å². The van der Waals surface area contributed by atoms with Gasteiger partial charge in [0.25, 0.3) is 0 Å². The smallest absolute Gasteiger partial charge is 0.371 e. The minimum Gasteiger partial charge on any atom is -0.478 e. The van der Waals surface area contributed by atoms with E-state index in [-0.39, 0.29) is 17.9 Å². The van der Waals surface area contributed by atoms with Crippen molar-refractivity contribution in [2.45, 2.75) is 6.54 Å².